The van der Waals surface area contributed by atoms with E-state index in [-0.39, 0.29) is 0 Å². The van der Waals surface area contributed by atoms with Crippen LogP contribution >= 0.6 is 0 Å². The molecule has 5 nitrogen and oxygen atoms in total. The summed E-state index contributed by atoms with van der Waals surface area (Å²) in [6, 6.07) is 0. The lowest BCUT2D eigenvalue weighted by Crippen LogP contribution is -2.34. The molecule has 218 valence electrons. The topological polar surface area (TPSA) is 70.5 Å². The molecule has 0 bridgehead atoms. The molecule has 0 aliphatic heterocycles. The first-order valence-corrected chi connectivity index (χ1v) is 16.3. The Bertz CT molecular complexity index is 393. The average molecular weight is 512 g/mol. The molecule has 0 amide bonds. The molecule has 36 heavy (non-hydrogen) atoms. The predicted molar refractivity (Wildman–Crippen MR) is 163 cm³/mol. The lowest BCUT2D eigenvalue weighted by molar-refractivity contribution is 0.220. The monoisotopic (exact) mass is 512 g/mol. The van der Waals surface area contributed by atoms with Gasteiger partial charge in [-0.05, 0) is 98.1 Å². The molecule has 0 heterocycles. The minimum absolute atomic E-state index is 0.796. The van der Waals surface area contributed by atoms with Gasteiger partial charge in [-0.2, -0.15) is 0 Å². The highest BCUT2D eigenvalue weighted by atomic mass is 15.1. The Morgan fingerprint density at radius 2 is 0.750 bits per heavy atom. The summed E-state index contributed by atoms with van der Waals surface area (Å²) in [6.07, 6.45) is 27.7. The van der Waals surface area contributed by atoms with E-state index in [2.05, 4.69) is 22.0 Å². The quantitative estimate of drug-likeness (QED) is 0.0921. The number of nitrogens with zero attached hydrogens (tertiary/aromatic N) is 2. The minimum Gasteiger partial charge on any atom is -0.330 e. The van der Waals surface area contributed by atoms with Crippen molar-refractivity contribution in [3.8, 4) is 0 Å². The van der Waals surface area contributed by atoms with E-state index in [1.165, 1.54) is 142 Å². The van der Waals surface area contributed by atoms with E-state index >= 15 is 0 Å². The maximum atomic E-state index is 5.81. The average Bonchev–Trinajstić information content (AvgIpc) is 2.89. The molecule has 0 rings (SSSR count). The van der Waals surface area contributed by atoms with E-state index in [9.17, 15) is 0 Å². The van der Waals surface area contributed by atoms with Crippen molar-refractivity contribution in [2.45, 2.75) is 135 Å². The molecule has 0 radical (unpaired) electrons. The Hall–Kier alpha value is -0.200. The molecule has 0 fully saturated rings. The third-order valence-electron chi connectivity index (χ3n) is 7.53. The van der Waals surface area contributed by atoms with Crippen molar-refractivity contribution in [3.63, 3.8) is 0 Å². The lowest BCUT2D eigenvalue weighted by atomic mass is 10.0. The summed E-state index contributed by atoms with van der Waals surface area (Å²) in [4.78, 5) is 5.28. The number of unbranched alkanes of at least 4 members (excludes halogenated alkanes) is 15. The Kier molecular flexibility index (Phi) is 30.8. The van der Waals surface area contributed by atoms with Crippen molar-refractivity contribution in [2.24, 2.45) is 11.5 Å². The number of hydrogen-bond donors (Lipinski definition) is 3. The van der Waals surface area contributed by atoms with E-state index in [0.717, 1.165) is 45.6 Å². The largest absolute Gasteiger partial charge is 0.330 e. The van der Waals surface area contributed by atoms with Crippen LogP contribution in [0.15, 0.2) is 0 Å². The second kappa shape index (κ2) is 31.0. The molecule has 0 aromatic rings. The first-order chi connectivity index (χ1) is 17.8. The summed E-state index contributed by atoms with van der Waals surface area (Å²) in [5, 5.41) is 3.27. The molecule has 5 heteroatoms. The van der Waals surface area contributed by atoms with Gasteiger partial charge in [-0.1, -0.05) is 103 Å². The molecular weight excluding hydrogens is 442 g/mol. The maximum Gasteiger partial charge on any atom is -0.000653 e. The van der Waals surface area contributed by atoms with E-state index in [1.54, 1.807) is 0 Å². The van der Waals surface area contributed by atoms with Crippen LogP contribution < -0.4 is 16.8 Å². The van der Waals surface area contributed by atoms with Crippen molar-refractivity contribution in [2.75, 3.05) is 66.0 Å². The van der Waals surface area contributed by atoms with Gasteiger partial charge >= 0.3 is 0 Å². The molecule has 0 aliphatic carbocycles. The highest BCUT2D eigenvalue weighted by molar-refractivity contribution is 4.64. The molecule has 0 unspecified atom stereocenters. The predicted octanol–water partition coefficient (Wildman–Crippen LogP) is 6.55. The molecule has 0 spiro atoms. The summed E-state index contributed by atoms with van der Waals surface area (Å²) in [5.74, 6) is 0. The molecule has 0 aliphatic rings. The van der Waals surface area contributed by atoms with Crippen LogP contribution in [0.25, 0.3) is 0 Å². The fourth-order valence-electron chi connectivity index (χ4n) is 5.18. The zero-order valence-corrected chi connectivity index (χ0v) is 25.1. The Balaban J connectivity index is 3.74. The van der Waals surface area contributed by atoms with E-state index in [1.807, 2.05) is 7.05 Å². The summed E-state index contributed by atoms with van der Waals surface area (Å²) in [6.45, 7) is 12.1. The number of nitrogens with two attached hydrogens (primary N) is 2. The van der Waals surface area contributed by atoms with Crippen molar-refractivity contribution in [1.82, 2.24) is 15.1 Å². The standard InChI is InChI=1S/C31H69N5/c1-3-4-5-6-7-8-9-10-11-12-13-14-15-16-17-18-26-35(27-19-23-32)30-22-31-36(28-20-24-33)29-21-25-34-2/h34H,3-33H2,1-2H3. The summed E-state index contributed by atoms with van der Waals surface area (Å²) in [5.41, 5.74) is 11.6. The number of rotatable bonds is 31. The van der Waals surface area contributed by atoms with Gasteiger partial charge in [-0.3, -0.25) is 0 Å². The second-order valence-corrected chi connectivity index (χ2v) is 11.1. The molecule has 5 N–H and O–H groups in total. The summed E-state index contributed by atoms with van der Waals surface area (Å²) < 4.78 is 0. The summed E-state index contributed by atoms with van der Waals surface area (Å²) >= 11 is 0. The van der Waals surface area contributed by atoms with Gasteiger partial charge < -0.3 is 26.6 Å². The van der Waals surface area contributed by atoms with Crippen LogP contribution in [0.5, 0.6) is 0 Å². The number of nitrogens with one attached hydrogen (secondary N) is 1. The molecule has 0 aromatic heterocycles. The van der Waals surface area contributed by atoms with E-state index < -0.39 is 0 Å². The molecule has 0 aromatic carbocycles. The normalized spacial score (nSPS) is 11.8. The van der Waals surface area contributed by atoms with Crippen LogP contribution in [0.4, 0.5) is 0 Å². The van der Waals surface area contributed by atoms with Crippen molar-refractivity contribution in [1.29, 1.82) is 0 Å². The fraction of sp³-hybridized carbons (Fsp3) is 1.00. The third-order valence-corrected chi connectivity index (χ3v) is 7.53. The van der Waals surface area contributed by atoms with Crippen LogP contribution in [0.1, 0.15) is 135 Å². The SMILES string of the molecule is CCCCCCCCCCCCCCCCCCN(CCCN)CCCN(CCCN)CCCNC. The Morgan fingerprint density at radius 3 is 1.14 bits per heavy atom. The Labute approximate surface area is 227 Å². The van der Waals surface area contributed by atoms with Gasteiger partial charge in [0.15, 0.2) is 0 Å². The van der Waals surface area contributed by atoms with Crippen molar-refractivity contribution >= 4 is 0 Å². The summed E-state index contributed by atoms with van der Waals surface area (Å²) in [7, 11) is 2.04. The fourth-order valence-corrected chi connectivity index (χ4v) is 5.18. The van der Waals surface area contributed by atoms with Crippen LogP contribution in [0.2, 0.25) is 0 Å². The van der Waals surface area contributed by atoms with E-state index in [4.69, 9.17) is 11.5 Å². The van der Waals surface area contributed by atoms with Crippen LogP contribution in [0, 0.1) is 0 Å². The molecule has 0 saturated heterocycles. The first kappa shape index (κ1) is 35.8. The number of hydrogen-bond acceptors (Lipinski definition) is 5. The Morgan fingerprint density at radius 1 is 0.417 bits per heavy atom. The second-order valence-electron chi connectivity index (χ2n) is 11.1. The van der Waals surface area contributed by atoms with E-state index in [0.29, 0.717) is 0 Å². The van der Waals surface area contributed by atoms with Gasteiger partial charge in [-0.15, -0.1) is 0 Å². The van der Waals surface area contributed by atoms with Gasteiger partial charge in [0, 0.05) is 0 Å². The lowest BCUT2D eigenvalue weighted by Gasteiger charge is -2.26. The van der Waals surface area contributed by atoms with Crippen molar-refractivity contribution in [3.05, 3.63) is 0 Å². The third kappa shape index (κ3) is 26.9. The molecule has 0 atom stereocenters. The zero-order chi connectivity index (χ0) is 26.4. The highest BCUT2D eigenvalue weighted by Gasteiger charge is 2.08. The van der Waals surface area contributed by atoms with Crippen LogP contribution in [-0.4, -0.2) is 75.8 Å². The maximum absolute atomic E-state index is 5.81. The zero-order valence-electron chi connectivity index (χ0n) is 25.1. The van der Waals surface area contributed by atoms with Gasteiger partial charge in [-0.25, -0.2) is 0 Å². The van der Waals surface area contributed by atoms with Crippen molar-refractivity contribution < 1.29 is 0 Å². The van der Waals surface area contributed by atoms with Crippen LogP contribution in [0.3, 0.4) is 0 Å². The van der Waals surface area contributed by atoms with Gasteiger partial charge in [0.2, 0.25) is 0 Å². The van der Waals surface area contributed by atoms with Gasteiger partial charge in [0.1, 0.15) is 0 Å². The van der Waals surface area contributed by atoms with Gasteiger partial charge in [0.05, 0.1) is 0 Å². The van der Waals surface area contributed by atoms with Crippen LogP contribution in [-0.2, 0) is 0 Å². The highest BCUT2D eigenvalue weighted by Crippen LogP contribution is 2.14. The first-order valence-electron chi connectivity index (χ1n) is 16.3. The molecule has 0 saturated carbocycles. The minimum atomic E-state index is 0.796. The molecular formula is C31H69N5. The smallest absolute Gasteiger partial charge is 0.000653 e. The van der Waals surface area contributed by atoms with Gasteiger partial charge in [0.25, 0.3) is 0 Å².